The first-order valence-electron chi connectivity index (χ1n) is 14.3. The van der Waals surface area contributed by atoms with Crippen LogP contribution in [0.3, 0.4) is 0 Å². The van der Waals surface area contributed by atoms with Gasteiger partial charge < -0.3 is 29.0 Å². The van der Waals surface area contributed by atoms with Crippen molar-refractivity contribution in [3.63, 3.8) is 0 Å². The number of imide groups is 1. The minimum absolute atomic E-state index is 0.0555. The van der Waals surface area contributed by atoms with Crippen LogP contribution in [0.5, 0.6) is 0 Å². The highest BCUT2D eigenvalue weighted by atomic mass is 16.6. The van der Waals surface area contributed by atoms with E-state index < -0.39 is 11.8 Å². The van der Waals surface area contributed by atoms with E-state index in [-0.39, 0.29) is 24.8 Å². The molecule has 2 aliphatic carbocycles. The second-order valence-corrected chi connectivity index (χ2v) is 9.92. The van der Waals surface area contributed by atoms with Gasteiger partial charge in [-0.25, -0.2) is 0 Å². The third-order valence-corrected chi connectivity index (χ3v) is 7.09. The molecule has 0 aromatic heterocycles. The molecule has 1 fully saturated rings. The summed E-state index contributed by atoms with van der Waals surface area (Å²) in [5, 5.41) is 2.68. The fourth-order valence-electron chi connectivity index (χ4n) is 4.84. The molecule has 11 heteroatoms. The van der Waals surface area contributed by atoms with Gasteiger partial charge in [-0.2, -0.15) is 0 Å². The topological polar surface area (TPSA) is 130 Å². The molecule has 0 saturated heterocycles. The predicted octanol–water partition coefficient (Wildman–Crippen LogP) is 1.25. The fraction of sp³-hybridized carbons (Fsp3) is 0.724. The van der Waals surface area contributed by atoms with Gasteiger partial charge in [-0.3, -0.25) is 24.1 Å². The van der Waals surface area contributed by atoms with Crippen molar-refractivity contribution in [2.24, 2.45) is 17.8 Å². The molecule has 0 radical (unpaired) electrons. The molecule has 3 atom stereocenters. The van der Waals surface area contributed by atoms with Crippen molar-refractivity contribution in [2.75, 3.05) is 72.6 Å². The van der Waals surface area contributed by atoms with Crippen LogP contribution in [0.15, 0.2) is 12.2 Å². The van der Waals surface area contributed by atoms with E-state index in [1.54, 1.807) is 0 Å². The lowest BCUT2D eigenvalue weighted by Gasteiger charge is -2.13. The van der Waals surface area contributed by atoms with Crippen molar-refractivity contribution in [2.45, 2.75) is 44.9 Å². The Hall–Kier alpha value is -2.78. The molecule has 0 aromatic carbocycles. The smallest absolute Gasteiger partial charge is 0.305 e. The largest absolute Gasteiger partial charge is 0.465 e. The summed E-state index contributed by atoms with van der Waals surface area (Å²) in [7, 11) is 0. The van der Waals surface area contributed by atoms with Gasteiger partial charge >= 0.3 is 5.97 Å². The van der Waals surface area contributed by atoms with Crippen molar-refractivity contribution in [3.8, 4) is 11.8 Å². The van der Waals surface area contributed by atoms with E-state index in [2.05, 4.69) is 17.2 Å². The van der Waals surface area contributed by atoms with Gasteiger partial charge in [-0.1, -0.05) is 0 Å². The lowest BCUT2D eigenvalue weighted by Crippen LogP contribution is -2.35. The van der Waals surface area contributed by atoms with Gasteiger partial charge in [0.25, 0.3) is 11.8 Å². The van der Waals surface area contributed by atoms with Gasteiger partial charge in [0, 0.05) is 57.5 Å². The van der Waals surface area contributed by atoms with Crippen molar-refractivity contribution in [1.82, 2.24) is 10.2 Å². The number of fused-ring (bicyclic) bond motifs is 1. The van der Waals surface area contributed by atoms with E-state index in [0.717, 1.165) is 30.6 Å². The van der Waals surface area contributed by atoms with E-state index in [0.29, 0.717) is 96.6 Å². The zero-order valence-corrected chi connectivity index (χ0v) is 23.2. The Morgan fingerprint density at radius 2 is 1.35 bits per heavy atom. The average molecular weight is 563 g/mol. The molecule has 1 aliphatic heterocycles. The quantitative estimate of drug-likeness (QED) is 0.0951. The lowest BCUT2D eigenvalue weighted by atomic mass is 10.1. The molecule has 3 rings (SSSR count). The van der Waals surface area contributed by atoms with Gasteiger partial charge in [0.05, 0.1) is 52.9 Å². The second kappa shape index (κ2) is 18.5. The SMILES string of the molecule is O=C(CCN1C(=O)C=CC1=O)NCCOCCOCCOCCOCCCC(=O)OCC1[C@H]2CCC#CCC[C@@H]12. The van der Waals surface area contributed by atoms with Crippen LogP contribution in [0.4, 0.5) is 0 Å². The van der Waals surface area contributed by atoms with Gasteiger partial charge in [0.1, 0.15) is 0 Å². The van der Waals surface area contributed by atoms with Crippen molar-refractivity contribution in [3.05, 3.63) is 12.2 Å². The normalized spacial score (nSPS) is 21.3. The van der Waals surface area contributed by atoms with Gasteiger partial charge in [0.15, 0.2) is 0 Å². The number of amides is 3. The maximum atomic E-state index is 12.0. The molecule has 3 amide bonds. The minimum atomic E-state index is -0.395. The first-order chi connectivity index (χ1) is 19.6. The molecule has 0 spiro atoms. The summed E-state index contributed by atoms with van der Waals surface area (Å²) in [5.41, 5.74) is 0. The molecular weight excluding hydrogens is 520 g/mol. The summed E-state index contributed by atoms with van der Waals surface area (Å²) in [4.78, 5) is 47.6. The van der Waals surface area contributed by atoms with E-state index >= 15 is 0 Å². The number of nitrogens with zero attached hydrogens (tertiary/aromatic N) is 1. The third kappa shape index (κ3) is 12.2. The molecule has 0 bridgehead atoms. The highest BCUT2D eigenvalue weighted by molar-refractivity contribution is 6.13. The molecule has 1 N–H and O–H groups in total. The van der Waals surface area contributed by atoms with Crippen molar-refractivity contribution >= 4 is 23.7 Å². The van der Waals surface area contributed by atoms with Crippen LogP contribution >= 0.6 is 0 Å². The summed E-state index contributed by atoms with van der Waals surface area (Å²) in [6, 6.07) is 0. The summed E-state index contributed by atoms with van der Waals surface area (Å²) >= 11 is 0. The van der Waals surface area contributed by atoms with Crippen LogP contribution in [0.2, 0.25) is 0 Å². The Morgan fingerprint density at radius 1 is 0.800 bits per heavy atom. The molecule has 222 valence electrons. The molecule has 1 unspecified atom stereocenters. The number of nitrogens with one attached hydrogen (secondary N) is 1. The first kappa shape index (κ1) is 31.7. The summed E-state index contributed by atoms with van der Waals surface area (Å²) in [6.07, 6.45) is 7.65. The van der Waals surface area contributed by atoms with Crippen molar-refractivity contribution < 1.29 is 42.9 Å². The second-order valence-electron chi connectivity index (χ2n) is 9.92. The molecular formula is C29H42N2O9. The molecule has 3 aliphatic rings. The molecule has 11 nitrogen and oxygen atoms in total. The standard InChI is InChI=1S/C29H42N2O9/c32-26(11-13-31-27(33)9-10-28(31)34)30-12-15-37-17-19-39-21-20-38-18-16-36-14-5-8-29(35)40-22-25-23-6-3-1-2-4-7-24(23)25/h9-10,23-25H,3-8,11-22H2,(H,30,32)/t23-,24+,25?. The predicted molar refractivity (Wildman–Crippen MR) is 144 cm³/mol. The Balaban J connectivity index is 0.996. The number of carbonyl (C=O) groups excluding carboxylic acids is 4. The number of carbonyl (C=O) groups is 4. The monoisotopic (exact) mass is 562 g/mol. The zero-order chi connectivity index (χ0) is 28.4. The van der Waals surface area contributed by atoms with Gasteiger partial charge in [0.2, 0.25) is 5.91 Å². The fourth-order valence-corrected chi connectivity index (χ4v) is 4.84. The Kier molecular flexibility index (Phi) is 14.7. The summed E-state index contributed by atoms with van der Waals surface area (Å²) < 4.78 is 27.3. The summed E-state index contributed by atoms with van der Waals surface area (Å²) in [5.74, 6) is 7.11. The van der Waals surface area contributed by atoms with Crippen LogP contribution < -0.4 is 5.32 Å². The van der Waals surface area contributed by atoms with E-state index in [9.17, 15) is 19.2 Å². The Labute approximate surface area is 236 Å². The average Bonchev–Trinajstić information content (AvgIpc) is 3.46. The number of esters is 1. The highest BCUT2D eigenvalue weighted by Crippen LogP contribution is 2.52. The number of rotatable bonds is 21. The number of hydrogen-bond acceptors (Lipinski definition) is 9. The zero-order valence-electron chi connectivity index (χ0n) is 23.2. The molecule has 40 heavy (non-hydrogen) atoms. The lowest BCUT2D eigenvalue weighted by molar-refractivity contribution is -0.145. The maximum Gasteiger partial charge on any atom is 0.305 e. The third-order valence-electron chi connectivity index (χ3n) is 7.09. The molecule has 0 aromatic rings. The van der Waals surface area contributed by atoms with E-state index in [4.69, 9.17) is 23.7 Å². The van der Waals surface area contributed by atoms with Gasteiger partial charge in [-0.05, 0) is 37.0 Å². The van der Waals surface area contributed by atoms with Crippen LogP contribution in [-0.4, -0.2) is 101 Å². The van der Waals surface area contributed by atoms with Crippen LogP contribution in [0.25, 0.3) is 0 Å². The van der Waals surface area contributed by atoms with E-state index in [1.807, 2.05) is 0 Å². The van der Waals surface area contributed by atoms with Gasteiger partial charge in [-0.15, -0.1) is 11.8 Å². The van der Waals surface area contributed by atoms with Crippen LogP contribution in [0, 0.1) is 29.6 Å². The molecule has 1 saturated carbocycles. The van der Waals surface area contributed by atoms with Crippen LogP contribution in [0.1, 0.15) is 44.9 Å². The van der Waals surface area contributed by atoms with Crippen LogP contribution in [-0.2, 0) is 42.9 Å². The highest BCUT2D eigenvalue weighted by Gasteiger charge is 2.49. The Bertz CT molecular complexity index is 890. The number of ether oxygens (including phenoxy) is 5. The first-order valence-corrected chi connectivity index (χ1v) is 14.3. The Morgan fingerprint density at radius 3 is 1.95 bits per heavy atom. The summed E-state index contributed by atoms with van der Waals surface area (Å²) in [6.45, 7) is 4.36. The van der Waals surface area contributed by atoms with E-state index in [1.165, 1.54) is 12.2 Å². The maximum absolute atomic E-state index is 12.0. The minimum Gasteiger partial charge on any atom is -0.465 e. The van der Waals surface area contributed by atoms with Crippen molar-refractivity contribution in [1.29, 1.82) is 0 Å². The molecule has 1 heterocycles. The number of hydrogen-bond donors (Lipinski definition) is 1.